The number of urea groups is 1. The van der Waals surface area contributed by atoms with E-state index in [4.69, 9.17) is 16.3 Å². The van der Waals surface area contributed by atoms with Crippen LogP contribution in [0.4, 0.5) is 4.79 Å². The third-order valence-electron chi connectivity index (χ3n) is 6.31. The van der Waals surface area contributed by atoms with Crippen LogP contribution in [0.25, 0.3) is 11.1 Å². The number of halogens is 1. The molecule has 0 aromatic heterocycles. The SMILES string of the molecule is O=C1COC2CCN(C(=O)N3CC(c4ccc(-c5ccc(Cl)cc5)cc4)C3)CC2N1. The number of hydrogen-bond donors (Lipinski definition) is 1. The highest BCUT2D eigenvalue weighted by Gasteiger charge is 2.40. The topological polar surface area (TPSA) is 61.9 Å². The largest absolute Gasteiger partial charge is 0.366 e. The lowest BCUT2D eigenvalue weighted by Gasteiger charge is -2.46. The third-order valence-corrected chi connectivity index (χ3v) is 6.56. The van der Waals surface area contributed by atoms with Crippen molar-refractivity contribution in [2.45, 2.75) is 24.5 Å². The molecule has 30 heavy (non-hydrogen) atoms. The van der Waals surface area contributed by atoms with E-state index in [0.29, 0.717) is 19.0 Å². The number of morpholine rings is 1. The summed E-state index contributed by atoms with van der Waals surface area (Å²) < 4.78 is 5.58. The molecular formula is C23H24ClN3O3. The van der Waals surface area contributed by atoms with Gasteiger partial charge in [-0.25, -0.2) is 4.79 Å². The van der Waals surface area contributed by atoms with Gasteiger partial charge in [-0.05, 0) is 35.2 Å². The summed E-state index contributed by atoms with van der Waals surface area (Å²) in [6.07, 6.45) is 0.787. The summed E-state index contributed by atoms with van der Waals surface area (Å²) in [5.74, 6) is 0.264. The van der Waals surface area contributed by atoms with Crippen molar-refractivity contribution in [2.24, 2.45) is 0 Å². The second kappa shape index (κ2) is 7.93. The second-order valence-electron chi connectivity index (χ2n) is 8.27. The van der Waals surface area contributed by atoms with Gasteiger partial charge in [0.2, 0.25) is 5.91 Å². The Labute approximate surface area is 180 Å². The molecule has 156 valence electrons. The predicted molar refractivity (Wildman–Crippen MR) is 114 cm³/mol. The molecule has 5 rings (SSSR count). The number of hydrogen-bond acceptors (Lipinski definition) is 3. The summed E-state index contributed by atoms with van der Waals surface area (Å²) in [4.78, 5) is 28.2. The normalized spacial score (nSPS) is 24.1. The van der Waals surface area contributed by atoms with Gasteiger partial charge < -0.3 is 19.9 Å². The van der Waals surface area contributed by atoms with E-state index < -0.39 is 0 Å². The molecule has 0 radical (unpaired) electrons. The van der Waals surface area contributed by atoms with E-state index >= 15 is 0 Å². The molecule has 3 aliphatic heterocycles. The first kappa shape index (κ1) is 19.4. The fraction of sp³-hybridized carbons (Fsp3) is 0.391. The Morgan fingerprint density at radius 1 is 0.967 bits per heavy atom. The molecule has 0 saturated carbocycles. The molecule has 3 saturated heterocycles. The van der Waals surface area contributed by atoms with E-state index in [0.717, 1.165) is 35.7 Å². The molecular weight excluding hydrogens is 402 g/mol. The number of piperidine rings is 1. The maximum atomic E-state index is 12.9. The average molecular weight is 426 g/mol. The van der Waals surface area contributed by atoms with Crippen LogP contribution >= 0.6 is 11.6 Å². The van der Waals surface area contributed by atoms with Gasteiger partial charge in [0.15, 0.2) is 0 Å². The van der Waals surface area contributed by atoms with E-state index in [2.05, 4.69) is 29.6 Å². The predicted octanol–water partition coefficient (Wildman–Crippen LogP) is 3.12. The summed E-state index contributed by atoms with van der Waals surface area (Å²) >= 11 is 5.97. The Bertz CT molecular complexity index is 941. The van der Waals surface area contributed by atoms with Crippen molar-refractivity contribution >= 4 is 23.5 Å². The smallest absolute Gasteiger partial charge is 0.320 e. The molecule has 2 aromatic rings. The van der Waals surface area contributed by atoms with Crippen LogP contribution in [0.3, 0.4) is 0 Å². The van der Waals surface area contributed by atoms with Gasteiger partial charge in [0.1, 0.15) is 6.61 Å². The van der Waals surface area contributed by atoms with E-state index in [-0.39, 0.29) is 30.7 Å². The van der Waals surface area contributed by atoms with Crippen LogP contribution in [-0.4, -0.2) is 66.7 Å². The van der Waals surface area contributed by atoms with Crippen LogP contribution in [-0.2, 0) is 9.53 Å². The molecule has 7 heteroatoms. The lowest BCUT2D eigenvalue weighted by atomic mass is 9.90. The molecule has 0 spiro atoms. The second-order valence-corrected chi connectivity index (χ2v) is 8.71. The Morgan fingerprint density at radius 3 is 2.33 bits per heavy atom. The highest BCUT2D eigenvalue weighted by atomic mass is 35.5. The Kier molecular flexibility index (Phi) is 5.13. The number of carbonyl (C=O) groups is 2. The maximum absolute atomic E-state index is 12.9. The van der Waals surface area contributed by atoms with Crippen molar-refractivity contribution in [3.8, 4) is 11.1 Å². The van der Waals surface area contributed by atoms with Gasteiger partial charge in [0.25, 0.3) is 0 Å². The monoisotopic (exact) mass is 425 g/mol. The Balaban J connectivity index is 1.16. The lowest BCUT2D eigenvalue weighted by molar-refractivity contribution is -0.139. The fourth-order valence-electron chi connectivity index (χ4n) is 4.51. The first-order valence-electron chi connectivity index (χ1n) is 10.4. The van der Waals surface area contributed by atoms with Crippen LogP contribution < -0.4 is 5.32 Å². The molecule has 3 heterocycles. The number of nitrogens with zero attached hydrogens (tertiary/aromatic N) is 2. The van der Waals surface area contributed by atoms with Crippen LogP contribution in [0.15, 0.2) is 48.5 Å². The van der Waals surface area contributed by atoms with E-state index in [1.165, 1.54) is 5.56 Å². The van der Waals surface area contributed by atoms with Gasteiger partial charge in [-0.2, -0.15) is 0 Å². The number of likely N-dealkylation sites (tertiary alicyclic amines) is 2. The van der Waals surface area contributed by atoms with Crippen molar-refractivity contribution in [1.82, 2.24) is 15.1 Å². The number of fused-ring (bicyclic) bond motifs is 1. The minimum absolute atomic E-state index is 0.0232. The number of ether oxygens (including phenoxy) is 1. The molecule has 1 N–H and O–H groups in total. The number of benzene rings is 2. The van der Waals surface area contributed by atoms with Crippen molar-refractivity contribution in [3.63, 3.8) is 0 Å². The summed E-state index contributed by atoms with van der Waals surface area (Å²) in [5, 5.41) is 3.68. The van der Waals surface area contributed by atoms with Crippen LogP contribution in [0.5, 0.6) is 0 Å². The summed E-state index contributed by atoms with van der Waals surface area (Å²) in [7, 11) is 0. The molecule has 0 bridgehead atoms. The Morgan fingerprint density at radius 2 is 1.63 bits per heavy atom. The molecule has 6 nitrogen and oxygen atoms in total. The molecule has 2 atom stereocenters. The zero-order chi connectivity index (χ0) is 20.7. The quantitative estimate of drug-likeness (QED) is 0.804. The van der Waals surface area contributed by atoms with Gasteiger partial charge >= 0.3 is 6.03 Å². The Hall–Kier alpha value is -2.57. The standard InChI is InChI=1S/C23H24ClN3O3/c24-19-7-5-16(6-8-19)15-1-3-17(4-2-15)18-11-27(12-18)23(29)26-10-9-21-20(13-26)25-22(28)14-30-21/h1-8,18,20-21H,9-14H2,(H,25,28). The molecule has 2 unspecified atom stereocenters. The molecule has 3 aliphatic rings. The zero-order valence-corrected chi connectivity index (χ0v) is 17.3. The van der Waals surface area contributed by atoms with Crippen molar-refractivity contribution in [2.75, 3.05) is 32.8 Å². The first-order chi connectivity index (χ1) is 14.6. The zero-order valence-electron chi connectivity index (χ0n) is 16.6. The van der Waals surface area contributed by atoms with Crippen molar-refractivity contribution in [1.29, 1.82) is 0 Å². The highest BCUT2D eigenvalue weighted by molar-refractivity contribution is 6.30. The molecule has 3 amide bonds. The number of carbonyl (C=O) groups excluding carboxylic acids is 2. The van der Waals surface area contributed by atoms with Gasteiger partial charge in [-0.1, -0.05) is 48.0 Å². The highest BCUT2D eigenvalue weighted by Crippen LogP contribution is 2.31. The fourth-order valence-corrected chi connectivity index (χ4v) is 4.64. The van der Waals surface area contributed by atoms with E-state index in [1.807, 2.05) is 34.1 Å². The van der Waals surface area contributed by atoms with Gasteiger partial charge in [-0.15, -0.1) is 0 Å². The summed E-state index contributed by atoms with van der Waals surface area (Å²) in [6.45, 7) is 2.78. The van der Waals surface area contributed by atoms with E-state index in [9.17, 15) is 9.59 Å². The molecule has 0 aliphatic carbocycles. The van der Waals surface area contributed by atoms with Gasteiger partial charge in [-0.3, -0.25) is 4.79 Å². The maximum Gasteiger partial charge on any atom is 0.320 e. The van der Waals surface area contributed by atoms with Crippen LogP contribution in [0.2, 0.25) is 5.02 Å². The van der Waals surface area contributed by atoms with Crippen molar-refractivity contribution in [3.05, 3.63) is 59.1 Å². The number of amides is 3. The molecule has 2 aromatic carbocycles. The summed E-state index contributed by atoms with van der Waals surface area (Å²) in [5.41, 5.74) is 3.55. The number of nitrogens with one attached hydrogen (secondary N) is 1. The van der Waals surface area contributed by atoms with Crippen LogP contribution in [0.1, 0.15) is 17.9 Å². The minimum Gasteiger partial charge on any atom is -0.366 e. The van der Waals surface area contributed by atoms with Crippen molar-refractivity contribution < 1.29 is 14.3 Å². The molecule has 3 fully saturated rings. The summed E-state index contributed by atoms with van der Waals surface area (Å²) in [6, 6.07) is 16.3. The van der Waals surface area contributed by atoms with Gasteiger partial charge in [0, 0.05) is 37.1 Å². The van der Waals surface area contributed by atoms with Gasteiger partial charge in [0.05, 0.1) is 12.1 Å². The lowest BCUT2D eigenvalue weighted by Crippen LogP contribution is -2.63. The first-order valence-corrected chi connectivity index (χ1v) is 10.8. The van der Waals surface area contributed by atoms with Crippen LogP contribution in [0, 0.1) is 0 Å². The average Bonchev–Trinajstić information content (AvgIpc) is 2.73. The van der Waals surface area contributed by atoms with E-state index in [1.54, 1.807) is 0 Å². The minimum atomic E-state index is -0.100. The number of rotatable bonds is 2. The third kappa shape index (κ3) is 3.77.